The van der Waals surface area contributed by atoms with E-state index in [-0.39, 0.29) is 34.3 Å². The van der Waals surface area contributed by atoms with Crippen LogP contribution in [0.25, 0.3) is 11.1 Å². The number of sulfonamides is 1. The first-order valence-electron chi connectivity index (χ1n) is 8.44. The average Bonchev–Trinajstić information content (AvgIpc) is 2.72. The molecule has 0 atom stereocenters. The van der Waals surface area contributed by atoms with Crippen molar-refractivity contribution in [2.24, 2.45) is 0 Å². The van der Waals surface area contributed by atoms with Gasteiger partial charge in [-0.1, -0.05) is 30.3 Å². The first-order valence-corrected chi connectivity index (χ1v) is 9.88. The lowest BCUT2D eigenvalue weighted by molar-refractivity contribution is 0.0694. The van der Waals surface area contributed by atoms with Crippen molar-refractivity contribution in [3.63, 3.8) is 0 Å². The smallest absolute Gasteiger partial charge is 0.339 e. The van der Waals surface area contributed by atoms with E-state index in [4.69, 9.17) is 9.84 Å². The maximum Gasteiger partial charge on any atom is 0.339 e. The van der Waals surface area contributed by atoms with Gasteiger partial charge in [0.2, 0.25) is 0 Å². The van der Waals surface area contributed by atoms with Gasteiger partial charge in [-0.2, -0.15) is 0 Å². The highest BCUT2D eigenvalue weighted by Crippen LogP contribution is 2.33. The summed E-state index contributed by atoms with van der Waals surface area (Å²) in [6.45, 7) is -0.220. The number of hydrogen-bond acceptors (Lipinski definition) is 6. The normalized spacial score (nSPS) is 11.2. The average molecular weight is 414 g/mol. The molecule has 0 amide bonds. The second-order valence-electron chi connectivity index (χ2n) is 5.99. The Morgan fingerprint density at radius 1 is 1.07 bits per heavy atom. The predicted molar refractivity (Wildman–Crippen MR) is 106 cm³/mol. The molecule has 3 aromatic rings. The molecule has 0 fully saturated rings. The van der Waals surface area contributed by atoms with Gasteiger partial charge in [-0.3, -0.25) is 0 Å². The van der Waals surface area contributed by atoms with E-state index in [0.29, 0.717) is 5.56 Å². The van der Waals surface area contributed by atoms with Crippen molar-refractivity contribution < 1.29 is 28.2 Å². The molecule has 29 heavy (non-hydrogen) atoms. The van der Waals surface area contributed by atoms with Crippen molar-refractivity contribution in [1.29, 1.82) is 0 Å². The van der Waals surface area contributed by atoms with E-state index in [9.17, 15) is 18.3 Å². The van der Waals surface area contributed by atoms with Crippen molar-refractivity contribution in [2.45, 2.75) is 4.90 Å². The fourth-order valence-corrected chi connectivity index (χ4v) is 4.09. The molecule has 3 rings (SSSR count). The van der Waals surface area contributed by atoms with Crippen LogP contribution in [0.4, 0.5) is 5.82 Å². The van der Waals surface area contributed by atoms with Gasteiger partial charge in [0, 0.05) is 18.9 Å². The minimum atomic E-state index is -3.96. The SMILES string of the molecule is COCN(c1ccccn1)S(=O)(=O)c1ccc(-c2cccc(C(=O)O)c2O)cc1. The van der Waals surface area contributed by atoms with Gasteiger partial charge in [0.1, 0.15) is 23.9 Å². The molecule has 0 unspecified atom stereocenters. The Kier molecular flexibility index (Phi) is 5.81. The van der Waals surface area contributed by atoms with E-state index in [0.717, 1.165) is 4.31 Å². The van der Waals surface area contributed by atoms with Gasteiger partial charge in [-0.25, -0.2) is 22.5 Å². The van der Waals surface area contributed by atoms with E-state index in [1.807, 2.05) is 0 Å². The highest BCUT2D eigenvalue weighted by Gasteiger charge is 2.26. The van der Waals surface area contributed by atoms with Gasteiger partial charge in [0.15, 0.2) is 0 Å². The zero-order valence-corrected chi connectivity index (χ0v) is 16.2. The molecule has 1 heterocycles. The third-order valence-corrected chi connectivity index (χ3v) is 5.91. The molecule has 0 saturated heterocycles. The van der Waals surface area contributed by atoms with Crippen molar-refractivity contribution in [2.75, 3.05) is 18.1 Å². The molecule has 0 aliphatic carbocycles. The number of hydrogen-bond donors (Lipinski definition) is 2. The zero-order chi connectivity index (χ0) is 21.0. The third kappa shape index (κ3) is 4.05. The number of carbonyl (C=O) groups is 1. The van der Waals surface area contributed by atoms with E-state index in [1.165, 1.54) is 49.7 Å². The van der Waals surface area contributed by atoms with Gasteiger partial charge < -0.3 is 14.9 Å². The highest BCUT2D eigenvalue weighted by molar-refractivity contribution is 7.92. The van der Waals surface area contributed by atoms with E-state index in [1.54, 1.807) is 24.3 Å². The second kappa shape index (κ2) is 8.29. The van der Waals surface area contributed by atoms with Crippen LogP contribution in [0, 0.1) is 0 Å². The summed E-state index contributed by atoms with van der Waals surface area (Å²) in [5, 5.41) is 19.4. The fraction of sp³-hybridized carbons (Fsp3) is 0.100. The van der Waals surface area contributed by atoms with Crippen molar-refractivity contribution in [1.82, 2.24) is 4.98 Å². The summed E-state index contributed by atoms with van der Waals surface area (Å²) < 4.78 is 32.2. The number of aromatic nitrogens is 1. The van der Waals surface area contributed by atoms with Crippen LogP contribution in [0.5, 0.6) is 5.75 Å². The predicted octanol–water partition coefficient (Wildman–Crippen LogP) is 2.95. The molecule has 0 radical (unpaired) electrons. The maximum atomic E-state index is 13.1. The maximum absolute atomic E-state index is 13.1. The van der Waals surface area contributed by atoms with Crippen molar-refractivity contribution in [3.05, 3.63) is 72.4 Å². The lowest BCUT2D eigenvalue weighted by atomic mass is 10.0. The molecule has 0 saturated carbocycles. The largest absolute Gasteiger partial charge is 0.506 e. The molecule has 8 nitrogen and oxygen atoms in total. The second-order valence-corrected chi connectivity index (χ2v) is 7.85. The van der Waals surface area contributed by atoms with Crippen LogP contribution in [-0.2, 0) is 14.8 Å². The monoisotopic (exact) mass is 414 g/mol. The number of rotatable bonds is 7. The molecule has 9 heteroatoms. The minimum absolute atomic E-state index is 0.00201. The van der Waals surface area contributed by atoms with Crippen LogP contribution in [0.1, 0.15) is 10.4 Å². The molecular weight excluding hydrogens is 396 g/mol. The third-order valence-electron chi connectivity index (χ3n) is 4.17. The number of benzene rings is 2. The first kappa shape index (κ1) is 20.3. The quantitative estimate of drug-likeness (QED) is 0.571. The lowest BCUT2D eigenvalue weighted by Crippen LogP contribution is -2.33. The Morgan fingerprint density at radius 3 is 2.38 bits per heavy atom. The van der Waals surface area contributed by atoms with Gasteiger partial charge in [0.25, 0.3) is 10.0 Å². The number of carboxylic acids is 1. The number of carboxylic acid groups (broad SMARTS) is 1. The summed E-state index contributed by atoms with van der Waals surface area (Å²) in [6, 6.07) is 15.0. The lowest BCUT2D eigenvalue weighted by Gasteiger charge is -2.22. The number of aromatic carboxylic acids is 1. The zero-order valence-electron chi connectivity index (χ0n) is 15.4. The number of anilines is 1. The molecule has 0 spiro atoms. The number of aromatic hydroxyl groups is 1. The van der Waals surface area contributed by atoms with Gasteiger partial charge >= 0.3 is 5.97 Å². The standard InChI is InChI=1S/C20H18N2O6S/c1-28-13-22(18-7-2-3-12-21-18)29(26,27)15-10-8-14(9-11-15)16-5-4-6-17(19(16)23)20(24)25/h2-12,23H,13H2,1H3,(H,24,25). The molecule has 150 valence electrons. The molecular formula is C20H18N2O6S. The van der Waals surface area contributed by atoms with E-state index in [2.05, 4.69) is 4.98 Å². The molecule has 1 aromatic heterocycles. The van der Waals surface area contributed by atoms with Crippen LogP contribution in [0.3, 0.4) is 0 Å². The topological polar surface area (TPSA) is 117 Å². The minimum Gasteiger partial charge on any atom is -0.506 e. The van der Waals surface area contributed by atoms with Crippen LogP contribution < -0.4 is 4.31 Å². The number of ether oxygens (including phenoxy) is 1. The van der Waals surface area contributed by atoms with Gasteiger partial charge in [-0.15, -0.1) is 0 Å². The molecule has 2 N–H and O–H groups in total. The van der Waals surface area contributed by atoms with Gasteiger partial charge in [0.05, 0.1) is 4.90 Å². The molecule has 0 bridgehead atoms. The van der Waals surface area contributed by atoms with Crippen LogP contribution in [-0.4, -0.2) is 43.4 Å². The Labute approximate surface area is 167 Å². The fourth-order valence-electron chi connectivity index (χ4n) is 2.76. The van der Waals surface area contributed by atoms with E-state index < -0.39 is 16.0 Å². The summed E-state index contributed by atoms with van der Waals surface area (Å²) in [4.78, 5) is 15.3. The van der Waals surface area contributed by atoms with E-state index >= 15 is 0 Å². The number of phenols is 1. The molecule has 0 aliphatic heterocycles. The number of pyridine rings is 1. The van der Waals surface area contributed by atoms with Crippen LogP contribution in [0.2, 0.25) is 0 Å². The Hall–Kier alpha value is -3.43. The summed E-state index contributed by atoms with van der Waals surface area (Å²) in [6.07, 6.45) is 1.48. The summed E-state index contributed by atoms with van der Waals surface area (Å²) in [7, 11) is -2.58. The molecule has 0 aliphatic rings. The van der Waals surface area contributed by atoms with Crippen LogP contribution >= 0.6 is 0 Å². The Morgan fingerprint density at radius 2 is 1.79 bits per heavy atom. The summed E-state index contributed by atoms with van der Waals surface area (Å²) in [5.74, 6) is -1.43. The first-order chi connectivity index (χ1) is 13.9. The Bertz CT molecular complexity index is 1120. The van der Waals surface area contributed by atoms with Crippen LogP contribution in [0.15, 0.2) is 71.8 Å². The number of para-hydroxylation sites is 1. The van der Waals surface area contributed by atoms with Gasteiger partial charge in [-0.05, 0) is 35.9 Å². The summed E-state index contributed by atoms with van der Waals surface area (Å²) in [5.41, 5.74) is 0.522. The van der Waals surface area contributed by atoms with Crippen molar-refractivity contribution in [3.8, 4) is 16.9 Å². The summed E-state index contributed by atoms with van der Waals surface area (Å²) >= 11 is 0. The number of methoxy groups -OCH3 is 1. The molecule has 2 aromatic carbocycles. The Balaban J connectivity index is 1.99. The van der Waals surface area contributed by atoms with Crippen molar-refractivity contribution >= 4 is 21.8 Å². The highest BCUT2D eigenvalue weighted by atomic mass is 32.2. The number of nitrogens with zero attached hydrogens (tertiary/aromatic N) is 2.